The lowest BCUT2D eigenvalue weighted by molar-refractivity contribution is -0.136. The van der Waals surface area contributed by atoms with Gasteiger partial charge in [0.1, 0.15) is 0 Å². The van der Waals surface area contributed by atoms with Crippen molar-refractivity contribution in [2.24, 2.45) is 5.92 Å². The van der Waals surface area contributed by atoms with Gasteiger partial charge in [-0.2, -0.15) is 0 Å². The van der Waals surface area contributed by atoms with Crippen LogP contribution in [-0.4, -0.2) is 36.4 Å². The summed E-state index contributed by atoms with van der Waals surface area (Å²) in [5.41, 5.74) is 2.54. The van der Waals surface area contributed by atoms with Crippen LogP contribution in [0.4, 0.5) is 11.4 Å². The van der Waals surface area contributed by atoms with Crippen molar-refractivity contribution in [3.05, 3.63) is 53.3 Å². The maximum atomic E-state index is 12.1. The quantitative estimate of drug-likeness (QED) is 0.792. The average Bonchev–Trinajstić information content (AvgIpc) is 2.70. The minimum atomic E-state index is -0.678. The molecule has 0 aliphatic carbocycles. The van der Waals surface area contributed by atoms with E-state index >= 15 is 0 Å². The first kappa shape index (κ1) is 19.2. The van der Waals surface area contributed by atoms with E-state index in [0.29, 0.717) is 23.2 Å². The number of benzene rings is 1. The number of nitrogens with one attached hydrogen (secondary N) is 2. The number of hydrogen-bond donors (Lipinski definition) is 2. The lowest BCUT2D eigenvalue weighted by Gasteiger charge is -2.33. The number of anilines is 2. The molecule has 0 bridgehead atoms. The van der Waals surface area contributed by atoms with Gasteiger partial charge in [-0.15, -0.1) is 0 Å². The Bertz CT molecular complexity index is 805. The monoisotopic (exact) mass is 386 g/mol. The Balaban J connectivity index is 1.42. The second kappa shape index (κ2) is 8.86. The van der Waals surface area contributed by atoms with Gasteiger partial charge in [0.25, 0.3) is 0 Å². The van der Waals surface area contributed by atoms with Gasteiger partial charge in [0.05, 0.1) is 11.9 Å². The van der Waals surface area contributed by atoms with Crippen molar-refractivity contribution in [1.29, 1.82) is 0 Å². The van der Waals surface area contributed by atoms with E-state index in [4.69, 9.17) is 11.6 Å². The van der Waals surface area contributed by atoms with E-state index < -0.39 is 11.8 Å². The Labute approximate surface area is 163 Å². The van der Waals surface area contributed by atoms with Crippen molar-refractivity contribution >= 4 is 34.8 Å². The van der Waals surface area contributed by atoms with Crippen molar-refractivity contribution < 1.29 is 9.59 Å². The molecule has 0 unspecified atom stereocenters. The van der Waals surface area contributed by atoms with E-state index in [1.165, 1.54) is 0 Å². The Morgan fingerprint density at radius 2 is 2.00 bits per heavy atom. The van der Waals surface area contributed by atoms with Crippen LogP contribution in [0.2, 0.25) is 5.02 Å². The number of halogens is 1. The molecule has 1 aliphatic rings. The first-order chi connectivity index (χ1) is 13.0. The normalized spacial score (nSPS) is 14.7. The highest BCUT2D eigenvalue weighted by Gasteiger charge is 2.21. The maximum Gasteiger partial charge on any atom is 0.313 e. The molecule has 27 heavy (non-hydrogen) atoms. The molecular formula is C20H23ClN4O2. The van der Waals surface area contributed by atoms with E-state index in [-0.39, 0.29) is 0 Å². The number of nitrogens with zero attached hydrogens (tertiary/aromatic N) is 2. The molecule has 2 heterocycles. The molecule has 2 N–H and O–H groups in total. The molecule has 2 amide bonds. The third-order valence-electron chi connectivity index (χ3n) is 4.81. The molecule has 3 rings (SSSR count). The number of aromatic nitrogens is 1. The van der Waals surface area contributed by atoms with Gasteiger partial charge in [-0.3, -0.25) is 14.6 Å². The lowest BCUT2D eigenvalue weighted by Crippen LogP contribution is -2.41. The minimum Gasteiger partial charge on any atom is -0.370 e. The molecule has 0 radical (unpaired) electrons. The molecule has 142 valence electrons. The van der Waals surface area contributed by atoms with Crippen LogP contribution in [0.5, 0.6) is 0 Å². The SMILES string of the molecule is Cc1ccc(NC(=O)C(=O)NCC2CCN(c3cccnc3)CC2)cc1Cl. The molecule has 1 aromatic carbocycles. The smallest absolute Gasteiger partial charge is 0.313 e. The Hall–Kier alpha value is -2.60. The van der Waals surface area contributed by atoms with Crippen molar-refractivity contribution in [3.63, 3.8) is 0 Å². The number of carbonyl (C=O) groups excluding carboxylic acids is 2. The van der Waals surface area contributed by atoms with Gasteiger partial charge in [0, 0.05) is 36.5 Å². The zero-order valence-electron chi connectivity index (χ0n) is 15.2. The van der Waals surface area contributed by atoms with Crippen molar-refractivity contribution in [2.75, 3.05) is 29.9 Å². The number of aryl methyl sites for hydroxylation is 1. The van der Waals surface area contributed by atoms with E-state index in [2.05, 4.69) is 26.6 Å². The van der Waals surface area contributed by atoms with Crippen LogP contribution in [0.3, 0.4) is 0 Å². The summed E-state index contributed by atoms with van der Waals surface area (Å²) >= 11 is 6.04. The molecule has 6 nitrogen and oxygen atoms in total. The summed E-state index contributed by atoms with van der Waals surface area (Å²) in [6, 6.07) is 9.14. The third kappa shape index (κ3) is 5.20. The predicted octanol–water partition coefficient (Wildman–Crippen LogP) is 3.01. The van der Waals surface area contributed by atoms with Gasteiger partial charge in [0.2, 0.25) is 0 Å². The van der Waals surface area contributed by atoms with Crippen molar-refractivity contribution in [2.45, 2.75) is 19.8 Å². The standard InChI is InChI=1S/C20H23ClN4O2/c1-14-4-5-16(11-18(14)21)24-20(27)19(26)23-12-15-6-9-25(10-7-15)17-3-2-8-22-13-17/h2-5,8,11,13,15H,6-7,9-10,12H2,1H3,(H,23,26)(H,24,27). The summed E-state index contributed by atoms with van der Waals surface area (Å²) in [4.78, 5) is 30.5. The number of piperidine rings is 1. The number of pyridine rings is 1. The highest BCUT2D eigenvalue weighted by Crippen LogP contribution is 2.22. The zero-order chi connectivity index (χ0) is 19.2. The summed E-state index contributed by atoms with van der Waals surface area (Å²) in [5.74, 6) is -0.937. The van der Waals surface area contributed by atoms with Crippen LogP contribution in [0, 0.1) is 12.8 Å². The molecule has 0 spiro atoms. The van der Waals surface area contributed by atoms with Crippen LogP contribution in [0.1, 0.15) is 18.4 Å². The molecule has 1 saturated heterocycles. The van der Waals surface area contributed by atoms with Crippen LogP contribution in [-0.2, 0) is 9.59 Å². The number of hydrogen-bond acceptors (Lipinski definition) is 4. The Morgan fingerprint density at radius 3 is 2.67 bits per heavy atom. The van der Waals surface area contributed by atoms with Crippen molar-refractivity contribution in [1.82, 2.24) is 10.3 Å². The molecule has 1 fully saturated rings. The summed E-state index contributed by atoms with van der Waals surface area (Å²) < 4.78 is 0. The summed E-state index contributed by atoms with van der Waals surface area (Å²) in [6.07, 6.45) is 5.56. The first-order valence-electron chi connectivity index (χ1n) is 9.03. The van der Waals surface area contributed by atoms with Gasteiger partial charge in [-0.05, 0) is 55.5 Å². The van der Waals surface area contributed by atoms with Gasteiger partial charge >= 0.3 is 11.8 Å². The summed E-state index contributed by atoms with van der Waals surface area (Å²) in [6.45, 7) is 4.21. The van der Waals surface area contributed by atoms with Crippen molar-refractivity contribution in [3.8, 4) is 0 Å². The molecule has 1 aromatic heterocycles. The topological polar surface area (TPSA) is 74.3 Å². The predicted molar refractivity (Wildman–Crippen MR) is 107 cm³/mol. The van der Waals surface area contributed by atoms with Crippen LogP contribution < -0.4 is 15.5 Å². The molecule has 2 aromatic rings. The third-order valence-corrected chi connectivity index (χ3v) is 5.22. The van der Waals surface area contributed by atoms with E-state index in [0.717, 1.165) is 37.2 Å². The molecule has 0 atom stereocenters. The van der Waals surface area contributed by atoms with Gasteiger partial charge in [-0.25, -0.2) is 0 Å². The first-order valence-corrected chi connectivity index (χ1v) is 9.41. The summed E-state index contributed by atoms with van der Waals surface area (Å²) in [5, 5.41) is 5.86. The second-order valence-electron chi connectivity index (χ2n) is 6.77. The second-order valence-corrected chi connectivity index (χ2v) is 7.18. The van der Waals surface area contributed by atoms with Crippen LogP contribution in [0.15, 0.2) is 42.7 Å². The van der Waals surface area contributed by atoms with E-state index in [1.54, 1.807) is 24.4 Å². The van der Waals surface area contributed by atoms with Gasteiger partial charge in [0.15, 0.2) is 0 Å². The number of amides is 2. The lowest BCUT2D eigenvalue weighted by atomic mass is 9.96. The maximum absolute atomic E-state index is 12.1. The highest BCUT2D eigenvalue weighted by molar-refractivity contribution is 6.39. The molecule has 0 saturated carbocycles. The molecule has 7 heteroatoms. The molecular weight excluding hydrogens is 364 g/mol. The number of carbonyl (C=O) groups is 2. The highest BCUT2D eigenvalue weighted by atomic mass is 35.5. The van der Waals surface area contributed by atoms with Gasteiger partial charge < -0.3 is 15.5 Å². The summed E-state index contributed by atoms with van der Waals surface area (Å²) in [7, 11) is 0. The van der Waals surface area contributed by atoms with E-state index in [9.17, 15) is 9.59 Å². The fourth-order valence-electron chi connectivity index (χ4n) is 3.11. The fraction of sp³-hybridized carbons (Fsp3) is 0.350. The minimum absolute atomic E-state index is 0.364. The zero-order valence-corrected chi connectivity index (χ0v) is 16.0. The Morgan fingerprint density at radius 1 is 1.22 bits per heavy atom. The Kier molecular flexibility index (Phi) is 6.29. The van der Waals surface area contributed by atoms with Gasteiger partial charge in [-0.1, -0.05) is 17.7 Å². The number of rotatable bonds is 4. The van der Waals surface area contributed by atoms with Crippen LogP contribution in [0.25, 0.3) is 0 Å². The average molecular weight is 387 g/mol. The largest absolute Gasteiger partial charge is 0.370 e. The molecule has 1 aliphatic heterocycles. The fourth-order valence-corrected chi connectivity index (χ4v) is 3.29. The van der Waals surface area contributed by atoms with Crippen LogP contribution >= 0.6 is 11.6 Å². The van der Waals surface area contributed by atoms with E-state index in [1.807, 2.05) is 19.2 Å².